The lowest BCUT2D eigenvalue weighted by atomic mass is 9.92. The zero-order valence-electron chi connectivity index (χ0n) is 17.7. The van der Waals surface area contributed by atoms with E-state index >= 15 is 0 Å². The lowest BCUT2D eigenvalue weighted by Crippen LogP contribution is -2.30. The first-order valence-corrected chi connectivity index (χ1v) is 9.90. The van der Waals surface area contributed by atoms with E-state index in [1.165, 1.54) is 12.0 Å². The molecule has 2 aromatic rings. The number of amides is 1. The maximum absolute atomic E-state index is 13.0. The number of Topliss-reactive ketones (excluding diaryl/α,β-unsaturated/α-hetero) is 1. The fraction of sp³-hybridized carbons (Fsp3) is 0.333. The zero-order chi connectivity index (χ0) is 21.8. The van der Waals surface area contributed by atoms with E-state index in [0.29, 0.717) is 17.1 Å². The molecular formula is C24H27NO5. The highest BCUT2D eigenvalue weighted by Gasteiger charge is 2.43. The Balaban J connectivity index is 2.09. The van der Waals surface area contributed by atoms with Crippen LogP contribution in [0.15, 0.2) is 59.9 Å². The Labute approximate surface area is 176 Å². The molecule has 0 saturated heterocycles. The third-order valence-electron chi connectivity index (χ3n) is 5.12. The number of hydrogen-bond donors (Lipinski definition) is 1. The molecule has 0 saturated carbocycles. The van der Waals surface area contributed by atoms with E-state index in [1.54, 1.807) is 25.3 Å². The van der Waals surface area contributed by atoms with E-state index in [-0.39, 0.29) is 30.2 Å². The van der Waals surface area contributed by atoms with Gasteiger partial charge in [-0.2, -0.15) is 0 Å². The fourth-order valence-corrected chi connectivity index (χ4v) is 3.73. The standard InChI is InChI=1S/C24H27NO5/c1-15(2)12-18(26)21-22(17-10-11-19(29-3)20(13-17)30-4)25(24(28)23(21)27)14-16-8-6-5-7-9-16/h5-11,13,15,22,27H,12,14H2,1-4H3. The Morgan fingerprint density at radius 1 is 1.07 bits per heavy atom. The largest absolute Gasteiger partial charge is 0.503 e. The summed E-state index contributed by atoms with van der Waals surface area (Å²) < 4.78 is 10.7. The number of nitrogens with zero attached hydrogens (tertiary/aromatic N) is 1. The molecule has 158 valence electrons. The van der Waals surface area contributed by atoms with Gasteiger partial charge in [0.1, 0.15) is 0 Å². The van der Waals surface area contributed by atoms with Gasteiger partial charge in [0.2, 0.25) is 0 Å². The van der Waals surface area contributed by atoms with Crippen LogP contribution in [0.25, 0.3) is 0 Å². The minimum absolute atomic E-state index is 0.0992. The zero-order valence-corrected chi connectivity index (χ0v) is 17.7. The second kappa shape index (κ2) is 9.03. The third kappa shape index (κ3) is 4.17. The molecule has 1 unspecified atom stereocenters. The van der Waals surface area contributed by atoms with Gasteiger partial charge < -0.3 is 19.5 Å². The molecule has 3 rings (SSSR count). The van der Waals surface area contributed by atoms with Crippen molar-refractivity contribution < 1.29 is 24.2 Å². The Kier molecular flexibility index (Phi) is 6.45. The number of rotatable bonds is 8. The molecule has 1 heterocycles. The molecule has 0 fully saturated rings. The second-order valence-electron chi connectivity index (χ2n) is 7.72. The Morgan fingerprint density at radius 3 is 2.33 bits per heavy atom. The summed E-state index contributed by atoms with van der Waals surface area (Å²) in [6.45, 7) is 4.13. The van der Waals surface area contributed by atoms with Crippen molar-refractivity contribution in [3.05, 3.63) is 71.0 Å². The van der Waals surface area contributed by atoms with Crippen molar-refractivity contribution in [1.29, 1.82) is 0 Å². The van der Waals surface area contributed by atoms with Crippen LogP contribution in [0.4, 0.5) is 0 Å². The molecular weight excluding hydrogens is 382 g/mol. The molecule has 6 heteroatoms. The van der Waals surface area contributed by atoms with Crippen molar-refractivity contribution in [2.75, 3.05) is 14.2 Å². The van der Waals surface area contributed by atoms with Crippen LogP contribution < -0.4 is 9.47 Å². The van der Waals surface area contributed by atoms with Gasteiger partial charge in [-0.15, -0.1) is 0 Å². The number of carbonyl (C=O) groups is 2. The van der Waals surface area contributed by atoms with Crippen LogP contribution in [-0.4, -0.2) is 35.9 Å². The highest BCUT2D eigenvalue weighted by atomic mass is 16.5. The van der Waals surface area contributed by atoms with Gasteiger partial charge in [0.25, 0.3) is 5.91 Å². The molecule has 1 amide bonds. The molecule has 0 spiro atoms. The molecule has 0 aromatic heterocycles. The van der Waals surface area contributed by atoms with Gasteiger partial charge in [-0.1, -0.05) is 50.2 Å². The second-order valence-corrected chi connectivity index (χ2v) is 7.72. The van der Waals surface area contributed by atoms with Crippen molar-refractivity contribution in [2.24, 2.45) is 5.92 Å². The lowest BCUT2D eigenvalue weighted by molar-refractivity contribution is -0.130. The molecule has 1 aliphatic heterocycles. The van der Waals surface area contributed by atoms with Gasteiger partial charge in [0.15, 0.2) is 23.0 Å². The van der Waals surface area contributed by atoms with Gasteiger partial charge in [0.05, 0.1) is 25.8 Å². The average Bonchev–Trinajstić information content (AvgIpc) is 2.98. The van der Waals surface area contributed by atoms with Gasteiger partial charge in [0, 0.05) is 13.0 Å². The number of ether oxygens (including phenoxy) is 2. The highest BCUT2D eigenvalue weighted by molar-refractivity contribution is 6.09. The predicted molar refractivity (Wildman–Crippen MR) is 113 cm³/mol. The van der Waals surface area contributed by atoms with Crippen LogP contribution in [0.3, 0.4) is 0 Å². The van der Waals surface area contributed by atoms with Crippen molar-refractivity contribution in [1.82, 2.24) is 4.90 Å². The highest BCUT2D eigenvalue weighted by Crippen LogP contribution is 2.42. The molecule has 0 aliphatic carbocycles. The predicted octanol–water partition coefficient (Wildman–Crippen LogP) is 4.21. The summed E-state index contributed by atoms with van der Waals surface area (Å²) in [5, 5.41) is 10.7. The number of aliphatic hydroxyl groups is 1. The lowest BCUT2D eigenvalue weighted by Gasteiger charge is -2.27. The summed E-state index contributed by atoms with van der Waals surface area (Å²) in [4.78, 5) is 27.5. The fourth-order valence-electron chi connectivity index (χ4n) is 3.73. The molecule has 1 N–H and O–H groups in total. The summed E-state index contributed by atoms with van der Waals surface area (Å²) in [6.07, 6.45) is 0.246. The Morgan fingerprint density at radius 2 is 1.73 bits per heavy atom. The Hall–Kier alpha value is -3.28. The number of carbonyl (C=O) groups excluding carboxylic acids is 2. The monoisotopic (exact) mass is 409 g/mol. The molecule has 30 heavy (non-hydrogen) atoms. The first-order chi connectivity index (χ1) is 14.4. The van der Waals surface area contributed by atoms with Gasteiger partial charge in [-0.05, 0) is 29.2 Å². The van der Waals surface area contributed by atoms with E-state index in [4.69, 9.17) is 9.47 Å². The summed E-state index contributed by atoms with van der Waals surface area (Å²) in [5.41, 5.74) is 1.71. The van der Waals surface area contributed by atoms with Crippen molar-refractivity contribution in [2.45, 2.75) is 32.9 Å². The molecule has 0 bridgehead atoms. The molecule has 1 aliphatic rings. The molecule has 2 aromatic carbocycles. The topological polar surface area (TPSA) is 76.1 Å². The summed E-state index contributed by atoms with van der Waals surface area (Å²) >= 11 is 0. The van der Waals surface area contributed by atoms with Crippen molar-refractivity contribution in [3.8, 4) is 11.5 Å². The number of hydrogen-bond acceptors (Lipinski definition) is 5. The summed E-state index contributed by atoms with van der Waals surface area (Å²) in [7, 11) is 3.07. The van der Waals surface area contributed by atoms with Crippen LogP contribution in [-0.2, 0) is 16.1 Å². The minimum Gasteiger partial charge on any atom is -0.503 e. The SMILES string of the molecule is COc1ccc(C2C(C(=O)CC(C)C)=C(O)C(=O)N2Cc2ccccc2)cc1OC. The van der Waals surface area contributed by atoms with Crippen LogP contribution >= 0.6 is 0 Å². The first kappa shape index (κ1) is 21.4. The number of ketones is 1. The van der Waals surface area contributed by atoms with Crippen LogP contribution in [0.2, 0.25) is 0 Å². The summed E-state index contributed by atoms with van der Waals surface area (Å²) in [5.74, 6) is -0.122. The number of aliphatic hydroxyl groups excluding tert-OH is 1. The van der Waals surface area contributed by atoms with Crippen molar-refractivity contribution in [3.63, 3.8) is 0 Å². The maximum atomic E-state index is 13.0. The quantitative estimate of drug-likeness (QED) is 0.707. The Bertz CT molecular complexity index is 965. The normalized spacial score (nSPS) is 16.4. The third-order valence-corrected chi connectivity index (χ3v) is 5.12. The number of methoxy groups -OCH3 is 2. The number of benzene rings is 2. The van der Waals surface area contributed by atoms with Crippen LogP contribution in [0.5, 0.6) is 11.5 Å². The molecule has 6 nitrogen and oxygen atoms in total. The van der Waals surface area contributed by atoms with Crippen LogP contribution in [0, 0.1) is 5.92 Å². The van der Waals surface area contributed by atoms with E-state index in [2.05, 4.69) is 0 Å². The molecule has 1 atom stereocenters. The van der Waals surface area contributed by atoms with E-state index < -0.39 is 17.7 Å². The van der Waals surface area contributed by atoms with E-state index in [9.17, 15) is 14.7 Å². The first-order valence-electron chi connectivity index (χ1n) is 9.90. The maximum Gasteiger partial charge on any atom is 0.290 e. The van der Waals surface area contributed by atoms with E-state index in [0.717, 1.165) is 5.56 Å². The molecule has 0 radical (unpaired) electrons. The van der Waals surface area contributed by atoms with Crippen molar-refractivity contribution >= 4 is 11.7 Å². The summed E-state index contributed by atoms with van der Waals surface area (Å²) in [6, 6.07) is 14.1. The minimum atomic E-state index is -0.705. The van der Waals surface area contributed by atoms with Gasteiger partial charge in [-0.25, -0.2) is 0 Å². The smallest absolute Gasteiger partial charge is 0.290 e. The van der Waals surface area contributed by atoms with Gasteiger partial charge in [-0.3, -0.25) is 9.59 Å². The van der Waals surface area contributed by atoms with Crippen LogP contribution in [0.1, 0.15) is 37.4 Å². The van der Waals surface area contributed by atoms with Gasteiger partial charge >= 0.3 is 0 Å². The average molecular weight is 409 g/mol. The van der Waals surface area contributed by atoms with E-state index in [1.807, 2.05) is 44.2 Å².